The number of nitrogens with two attached hydrogens (primary N) is 1. The summed E-state index contributed by atoms with van der Waals surface area (Å²) in [5.41, 5.74) is 5.90. The molecule has 3 amide bonds. The van der Waals surface area contributed by atoms with Crippen LogP contribution in [0.4, 0.5) is 10.5 Å². The number of hydrogen-bond donors (Lipinski definition) is 3. The lowest BCUT2D eigenvalue weighted by Crippen LogP contribution is -2.36. The van der Waals surface area contributed by atoms with Gasteiger partial charge in [0.25, 0.3) is 5.91 Å². The fourth-order valence-corrected chi connectivity index (χ4v) is 1.79. The molecular weight excluding hydrogens is 274 g/mol. The van der Waals surface area contributed by atoms with Gasteiger partial charge in [-0.1, -0.05) is 6.92 Å². The smallest absolute Gasteiger partial charge is 0.316 e. The third-order valence-electron chi connectivity index (χ3n) is 2.98. The van der Waals surface area contributed by atoms with Gasteiger partial charge in [-0.2, -0.15) is 0 Å². The first-order valence-corrected chi connectivity index (χ1v) is 6.53. The summed E-state index contributed by atoms with van der Waals surface area (Å²) < 4.78 is 0. The van der Waals surface area contributed by atoms with Gasteiger partial charge in [-0.25, -0.2) is 4.79 Å². The van der Waals surface area contributed by atoms with E-state index in [1.165, 1.54) is 4.90 Å². The number of primary amides is 1. The Kier molecular flexibility index (Phi) is 5.71. The van der Waals surface area contributed by atoms with Crippen molar-refractivity contribution in [1.29, 1.82) is 0 Å². The summed E-state index contributed by atoms with van der Waals surface area (Å²) >= 11 is 0. The number of carboxylic acid groups (broad SMARTS) is 1. The van der Waals surface area contributed by atoms with Crippen LogP contribution in [-0.2, 0) is 4.79 Å². The van der Waals surface area contributed by atoms with Crippen LogP contribution in [0.3, 0.4) is 0 Å². The average molecular weight is 293 g/mol. The maximum atomic E-state index is 12.3. The molecule has 114 valence electrons. The predicted octanol–water partition coefficient (Wildman–Crippen LogP) is 1.36. The molecule has 0 fully saturated rings. The number of hydrogen-bond acceptors (Lipinski definition) is 3. The fourth-order valence-electron chi connectivity index (χ4n) is 1.79. The number of rotatable bonds is 6. The maximum Gasteiger partial charge on any atom is 0.316 e. The molecular formula is C14H19N3O4. The number of carbonyl (C=O) groups is 3. The Bertz CT molecular complexity index is 528. The van der Waals surface area contributed by atoms with Gasteiger partial charge >= 0.3 is 12.0 Å². The van der Waals surface area contributed by atoms with E-state index in [-0.39, 0.29) is 12.5 Å². The number of nitrogens with zero attached hydrogens (tertiary/aromatic N) is 1. The van der Waals surface area contributed by atoms with Crippen LogP contribution in [0.25, 0.3) is 0 Å². The van der Waals surface area contributed by atoms with Gasteiger partial charge in [-0.15, -0.1) is 0 Å². The second-order valence-electron chi connectivity index (χ2n) is 4.65. The molecule has 0 saturated carbocycles. The highest BCUT2D eigenvalue weighted by Crippen LogP contribution is 2.12. The van der Waals surface area contributed by atoms with Gasteiger partial charge in [0.2, 0.25) is 0 Å². The summed E-state index contributed by atoms with van der Waals surface area (Å²) in [6.07, 6.45) is 0. The Hall–Kier alpha value is -2.57. The fraction of sp³-hybridized carbons (Fsp3) is 0.357. The molecule has 0 saturated heterocycles. The molecule has 7 heteroatoms. The largest absolute Gasteiger partial charge is 0.481 e. The van der Waals surface area contributed by atoms with Crippen molar-refractivity contribution in [2.75, 3.05) is 18.4 Å². The van der Waals surface area contributed by atoms with Crippen molar-refractivity contribution in [2.45, 2.75) is 13.8 Å². The third kappa shape index (κ3) is 4.79. The van der Waals surface area contributed by atoms with E-state index >= 15 is 0 Å². The Balaban J connectivity index is 2.80. The zero-order chi connectivity index (χ0) is 16.0. The molecule has 0 aliphatic heterocycles. The van der Waals surface area contributed by atoms with E-state index in [9.17, 15) is 14.4 Å². The lowest BCUT2D eigenvalue weighted by molar-refractivity contribution is -0.141. The summed E-state index contributed by atoms with van der Waals surface area (Å²) in [7, 11) is 0. The number of anilines is 1. The minimum Gasteiger partial charge on any atom is -0.481 e. The van der Waals surface area contributed by atoms with E-state index in [2.05, 4.69) is 5.32 Å². The van der Waals surface area contributed by atoms with E-state index in [1.54, 1.807) is 38.1 Å². The number of benzene rings is 1. The minimum absolute atomic E-state index is 0.145. The number of nitrogens with one attached hydrogen (secondary N) is 1. The van der Waals surface area contributed by atoms with Crippen molar-refractivity contribution in [2.24, 2.45) is 11.7 Å². The average Bonchev–Trinajstić information content (AvgIpc) is 2.43. The van der Waals surface area contributed by atoms with Crippen molar-refractivity contribution in [3.63, 3.8) is 0 Å². The van der Waals surface area contributed by atoms with Crippen molar-refractivity contribution >= 4 is 23.6 Å². The van der Waals surface area contributed by atoms with E-state index in [0.717, 1.165) is 0 Å². The van der Waals surface area contributed by atoms with Gasteiger partial charge in [0.15, 0.2) is 0 Å². The third-order valence-corrected chi connectivity index (χ3v) is 2.98. The second kappa shape index (κ2) is 7.28. The summed E-state index contributed by atoms with van der Waals surface area (Å²) in [5.74, 6) is -1.83. The van der Waals surface area contributed by atoms with Crippen LogP contribution in [0.2, 0.25) is 0 Å². The predicted molar refractivity (Wildman–Crippen MR) is 78.0 cm³/mol. The quantitative estimate of drug-likeness (QED) is 0.735. The Morgan fingerprint density at radius 3 is 2.29 bits per heavy atom. The molecule has 0 bridgehead atoms. The van der Waals surface area contributed by atoms with Crippen LogP contribution in [-0.4, -0.2) is 41.0 Å². The first-order chi connectivity index (χ1) is 9.85. The summed E-state index contributed by atoms with van der Waals surface area (Å²) in [5, 5.41) is 11.3. The highest BCUT2D eigenvalue weighted by atomic mass is 16.4. The zero-order valence-electron chi connectivity index (χ0n) is 12.0. The molecule has 0 aliphatic carbocycles. The molecule has 21 heavy (non-hydrogen) atoms. The molecule has 1 aromatic rings. The van der Waals surface area contributed by atoms with Crippen molar-refractivity contribution in [3.8, 4) is 0 Å². The monoisotopic (exact) mass is 293 g/mol. The van der Waals surface area contributed by atoms with Crippen LogP contribution in [0, 0.1) is 5.92 Å². The second-order valence-corrected chi connectivity index (χ2v) is 4.65. The van der Waals surface area contributed by atoms with Gasteiger partial charge in [0.1, 0.15) is 0 Å². The molecule has 0 radical (unpaired) electrons. The van der Waals surface area contributed by atoms with Crippen LogP contribution in [0.15, 0.2) is 24.3 Å². The number of carbonyl (C=O) groups excluding carboxylic acids is 2. The van der Waals surface area contributed by atoms with Gasteiger partial charge in [0.05, 0.1) is 5.92 Å². The Morgan fingerprint density at radius 1 is 1.29 bits per heavy atom. The van der Waals surface area contributed by atoms with Crippen LogP contribution in [0.1, 0.15) is 24.2 Å². The van der Waals surface area contributed by atoms with Crippen molar-refractivity contribution < 1.29 is 19.5 Å². The first-order valence-electron chi connectivity index (χ1n) is 6.53. The molecule has 0 spiro atoms. The van der Waals surface area contributed by atoms with Gasteiger partial charge < -0.3 is 21.1 Å². The number of urea groups is 1. The van der Waals surface area contributed by atoms with Crippen LogP contribution in [0.5, 0.6) is 0 Å². The highest BCUT2D eigenvalue weighted by Gasteiger charge is 2.20. The van der Waals surface area contributed by atoms with Crippen LogP contribution >= 0.6 is 0 Å². The lowest BCUT2D eigenvalue weighted by Gasteiger charge is -2.23. The summed E-state index contributed by atoms with van der Waals surface area (Å²) in [6.45, 7) is 3.90. The van der Waals surface area contributed by atoms with Gasteiger partial charge in [-0.3, -0.25) is 9.59 Å². The molecule has 1 rings (SSSR count). The molecule has 1 atom stereocenters. The normalized spacial score (nSPS) is 11.5. The van der Waals surface area contributed by atoms with E-state index in [1.807, 2.05) is 0 Å². The van der Waals surface area contributed by atoms with E-state index < -0.39 is 17.9 Å². The SMILES string of the molecule is CCN(CC(C)C(=O)O)C(=O)c1ccc(NC(N)=O)cc1. The summed E-state index contributed by atoms with van der Waals surface area (Å²) in [6, 6.07) is 5.56. The number of aliphatic carboxylic acids is 1. The maximum absolute atomic E-state index is 12.3. The molecule has 7 nitrogen and oxygen atoms in total. The van der Waals surface area contributed by atoms with Crippen molar-refractivity contribution in [1.82, 2.24) is 4.90 Å². The highest BCUT2D eigenvalue weighted by molar-refractivity contribution is 5.95. The molecule has 4 N–H and O–H groups in total. The molecule has 0 heterocycles. The zero-order valence-corrected chi connectivity index (χ0v) is 12.0. The lowest BCUT2D eigenvalue weighted by atomic mass is 10.1. The van der Waals surface area contributed by atoms with Gasteiger partial charge in [0, 0.05) is 24.3 Å². The van der Waals surface area contributed by atoms with E-state index in [4.69, 9.17) is 10.8 Å². The van der Waals surface area contributed by atoms with E-state index in [0.29, 0.717) is 17.8 Å². The van der Waals surface area contributed by atoms with Gasteiger partial charge in [-0.05, 0) is 31.2 Å². The number of carboxylic acids is 1. The molecule has 1 aromatic carbocycles. The summed E-state index contributed by atoms with van der Waals surface area (Å²) in [4.78, 5) is 35.3. The van der Waals surface area contributed by atoms with Crippen molar-refractivity contribution in [3.05, 3.63) is 29.8 Å². The molecule has 0 aliphatic rings. The Morgan fingerprint density at radius 2 is 1.86 bits per heavy atom. The first kappa shape index (κ1) is 16.5. The minimum atomic E-state index is -0.942. The number of amides is 3. The Labute approximate surface area is 122 Å². The molecule has 0 aromatic heterocycles. The topological polar surface area (TPSA) is 113 Å². The molecule has 1 unspecified atom stereocenters. The standard InChI is InChI=1S/C14H19N3O4/c1-3-17(8-9(2)13(19)20)12(18)10-4-6-11(7-5-10)16-14(15)21/h4-7,9H,3,8H2,1-2H3,(H,19,20)(H3,15,16,21). The van der Waals surface area contributed by atoms with Crippen LogP contribution < -0.4 is 11.1 Å².